The summed E-state index contributed by atoms with van der Waals surface area (Å²) in [4.78, 5) is 0. The van der Waals surface area contributed by atoms with Crippen LogP contribution in [0.1, 0.15) is 40.0 Å². The van der Waals surface area contributed by atoms with E-state index in [0.717, 1.165) is 19.3 Å². The molecule has 0 heterocycles. The summed E-state index contributed by atoms with van der Waals surface area (Å²) in [6, 6.07) is 0.560. The number of halogens is 1. The summed E-state index contributed by atoms with van der Waals surface area (Å²) < 4.78 is 17.2. The zero-order chi connectivity index (χ0) is 14.4. The lowest BCUT2D eigenvalue weighted by Crippen LogP contribution is -2.42. The molecule has 0 rings (SSSR count). The van der Waals surface area contributed by atoms with E-state index in [1.165, 1.54) is 0 Å². The Labute approximate surface area is 123 Å². The van der Waals surface area contributed by atoms with Crippen molar-refractivity contribution in [3.05, 3.63) is 37.0 Å². The van der Waals surface area contributed by atoms with E-state index in [1.54, 1.807) is 18.8 Å². The molecule has 0 aliphatic carbocycles. The van der Waals surface area contributed by atoms with Crippen LogP contribution in [0.4, 0.5) is 0 Å². The molecule has 0 aromatic carbocycles. The van der Waals surface area contributed by atoms with Gasteiger partial charge in [-0.05, 0) is 19.3 Å². The van der Waals surface area contributed by atoms with Gasteiger partial charge in [-0.1, -0.05) is 39.0 Å². The molecule has 5 heteroatoms. The van der Waals surface area contributed by atoms with Crippen molar-refractivity contribution in [2.45, 2.75) is 46.1 Å². The van der Waals surface area contributed by atoms with Gasteiger partial charge in [-0.15, -0.1) is 11.6 Å². The quantitative estimate of drug-likeness (QED) is 0.306. The first-order valence-corrected chi connectivity index (χ1v) is 9.25. The van der Waals surface area contributed by atoms with Crippen LogP contribution in [-0.2, 0) is 13.3 Å². The molecule has 0 unspecified atom stereocenters. The van der Waals surface area contributed by atoms with Gasteiger partial charge in [-0.2, -0.15) is 0 Å². The van der Waals surface area contributed by atoms with Gasteiger partial charge in [0, 0.05) is 5.88 Å². The van der Waals surface area contributed by atoms with Gasteiger partial charge in [0.2, 0.25) is 0 Å². The number of alkyl halides is 1. The molecule has 0 aromatic heterocycles. The van der Waals surface area contributed by atoms with E-state index in [0.29, 0.717) is 11.9 Å². The highest BCUT2D eigenvalue weighted by Crippen LogP contribution is 2.18. The van der Waals surface area contributed by atoms with Crippen molar-refractivity contribution in [3.63, 3.8) is 0 Å². The van der Waals surface area contributed by atoms with E-state index in [4.69, 9.17) is 24.9 Å². The SMILES string of the molecule is CCC=CO[Si](CCCl)(OC=CCC)OC=CCC. The Bertz CT molecular complexity index is 250. The van der Waals surface area contributed by atoms with Gasteiger partial charge in [0.1, 0.15) is 0 Å². The largest absolute Gasteiger partial charge is 0.699 e. The van der Waals surface area contributed by atoms with E-state index in [-0.39, 0.29) is 0 Å². The summed E-state index contributed by atoms with van der Waals surface area (Å²) in [5.74, 6) is 0.437. The van der Waals surface area contributed by atoms with Crippen molar-refractivity contribution < 1.29 is 13.3 Å². The maximum absolute atomic E-state index is 5.85. The fraction of sp³-hybridized carbons (Fsp3) is 0.571. The predicted octanol–water partition coefficient (Wildman–Crippen LogP) is 4.99. The van der Waals surface area contributed by atoms with Crippen LogP contribution in [0, 0.1) is 0 Å². The van der Waals surface area contributed by atoms with Crippen LogP contribution in [0.25, 0.3) is 0 Å². The summed E-state index contributed by atoms with van der Waals surface area (Å²) >= 11 is 5.85. The monoisotopic (exact) mass is 304 g/mol. The van der Waals surface area contributed by atoms with E-state index in [1.807, 2.05) is 39.0 Å². The Hall–Kier alpha value is -0.873. The molecule has 0 radical (unpaired) electrons. The molecule has 0 aromatic rings. The zero-order valence-corrected chi connectivity index (χ0v) is 13.9. The average Bonchev–Trinajstić information content (AvgIpc) is 2.40. The van der Waals surface area contributed by atoms with Crippen LogP contribution >= 0.6 is 11.6 Å². The van der Waals surface area contributed by atoms with Gasteiger partial charge >= 0.3 is 8.80 Å². The summed E-state index contributed by atoms with van der Waals surface area (Å²) in [6.45, 7) is 6.13. The van der Waals surface area contributed by atoms with Crippen molar-refractivity contribution >= 4 is 20.4 Å². The van der Waals surface area contributed by atoms with Crippen LogP contribution in [0.3, 0.4) is 0 Å². The number of hydrogen-bond donors (Lipinski definition) is 0. The van der Waals surface area contributed by atoms with Crippen molar-refractivity contribution in [1.82, 2.24) is 0 Å². The second kappa shape index (κ2) is 12.2. The molecule has 0 aliphatic rings. The van der Waals surface area contributed by atoms with Crippen LogP contribution in [0.2, 0.25) is 6.04 Å². The van der Waals surface area contributed by atoms with Gasteiger partial charge in [-0.3, -0.25) is 0 Å². The summed E-state index contributed by atoms with van der Waals surface area (Å²) in [6.07, 6.45) is 13.4. The highest BCUT2D eigenvalue weighted by molar-refractivity contribution is 6.62. The first-order valence-electron chi connectivity index (χ1n) is 6.79. The van der Waals surface area contributed by atoms with Crippen LogP contribution < -0.4 is 0 Å². The van der Waals surface area contributed by atoms with Gasteiger partial charge in [-0.25, -0.2) is 0 Å². The third-order valence-electron chi connectivity index (χ3n) is 2.14. The van der Waals surface area contributed by atoms with Crippen LogP contribution in [0.15, 0.2) is 37.0 Å². The number of hydrogen-bond acceptors (Lipinski definition) is 3. The highest BCUT2D eigenvalue weighted by atomic mass is 35.5. The molecule has 0 amide bonds. The molecular formula is C14H25ClO3Si. The van der Waals surface area contributed by atoms with E-state index < -0.39 is 8.80 Å². The minimum atomic E-state index is -2.80. The second-order valence-corrected chi connectivity index (χ2v) is 6.77. The van der Waals surface area contributed by atoms with Crippen molar-refractivity contribution in [1.29, 1.82) is 0 Å². The lowest BCUT2D eigenvalue weighted by molar-refractivity contribution is 0.181. The third-order valence-corrected chi connectivity index (χ3v) is 4.99. The summed E-state index contributed by atoms with van der Waals surface area (Å²) in [5, 5.41) is 0. The molecule has 0 saturated heterocycles. The Kier molecular flexibility index (Phi) is 11.6. The molecular weight excluding hydrogens is 280 g/mol. The Morgan fingerprint density at radius 2 is 1.16 bits per heavy atom. The van der Waals surface area contributed by atoms with Gasteiger partial charge in [0.05, 0.1) is 24.8 Å². The normalized spacial score (nSPS) is 15.2. The van der Waals surface area contributed by atoms with E-state index in [9.17, 15) is 0 Å². The van der Waals surface area contributed by atoms with Crippen LogP contribution in [0.5, 0.6) is 0 Å². The molecule has 0 aliphatic heterocycles. The molecule has 110 valence electrons. The average molecular weight is 305 g/mol. The third kappa shape index (κ3) is 8.78. The van der Waals surface area contributed by atoms with Crippen molar-refractivity contribution in [2.24, 2.45) is 0 Å². The molecule has 0 atom stereocenters. The number of allylic oxidation sites excluding steroid dienone is 3. The molecule has 0 spiro atoms. The lowest BCUT2D eigenvalue weighted by atomic mass is 10.5. The van der Waals surface area contributed by atoms with Crippen molar-refractivity contribution in [3.8, 4) is 0 Å². The standard InChI is InChI=1S/C14H25ClO3Si/c1-4-7-11-16-19(14-10-15,17-12-8-5-2)18-13-9-6-3/h7-9,11-13H,4-6,10,14H2,1-3H3. The smallest absolute Gasteiger partial charge is 0.490 e. The molecule has 0 N–H and O–H groups in total. The van der Waals surface area contributed by atoms with E-state index >= 15 is 0 Å². The van der Waals surface area contributed by atoms with Gasteiger partial charge < -0.3 is 13.3 Å². The van der Waals surface area contributed by atoms with Gasteiger partial charge in [0.25, 0.3) is 0 Å². The fourth-order valence-electron chi connectivity index (χ4n) is 1.12. The first-order chi connectivity index (χ1) is 9.24. The Morgan fingerprint density at radius 1 is 0.789 bits per heavy atom. The second-order valence-electron chi connectivity index (χ2n) is 3.82. The fourth-order valence-corrected chi connectivity index (χ4v) is 3.48. The van der Waals surface area contributed by atoms with E-state index in [2.05, 4.69) is 0 Å². The Morgan fingerprint density at radius 3 is 1.42 bits per heavy atom. The Balaban J connectivity index is 4.79. The highest BCUT2D eigenvalue weighted by Gasteiger charge is 2.45. The van der Waals surface area contributed by atoms with Gasteiger partial charge in [0.15, 0.2) is 0 Å². The maximum atomic E-state index is 5.85. The predicted molar refractivity (Wildman–Crippen MR) is 82.8 cm³/mol. The molecule has 19 heavy (non-hydrogen) atoms. The summed E-state index contributed by atoms with van der Waals surface area (Å²) in [5.41, 5.74) is 0. The molecule has 0 fully saturated rings. The lowest BCUT2D eigenvalue weighted by Gasteiger charge is -2.25. The minimum Gasteiger partial charge on any atom is -0.490 e. The molecule has 3 nitrogen and oxygen atoms in total. The molecule has 0 saturated carbocycles. The molecule has 0 bridgehead atoms. The van der Waals surface area contributed by atoms with Crippen molar-refractivity contribution in [2.75, 3.05) is 5.88 Å². The zero-order valence-electron chi connectivity index (χ0n) is 12.1. The minimum absolute atomic E-state index is 0.437. The maximum Gasteiger partial charge on any atom is 0.699 e. The summed E-state index contributed by atoms with van der Waals surface area (Å²) in [7, 11) is -2.80. The topological polar surface area (TPSA) is 27.7 Å². The van der Waals surface area contributed by atoms with Crippen LogP contribution in [-0.4, -0.2) is 14.7 Å². The number of rotatable bonds is 11. The first kappa shape index (κ1) is 18.1.